The summed E-state index contributed by atoms with van der Waals surface area (Å²) in [6.45, 7) is 7.25. The quantitative estimate of drug-likeness (QED) is 0.786. The Labute approximate surface area is 141 Å². The van der Waals surface area contributed by atoms with Gasteiger partial charge in [0, 0.05) is 6.54 Å². The van der Waals surface area contributed by atoms with Crippen molar-refractivity contribution in [1.82, 2.24) is 10.6 Å². The molecule has 0 aromatic rings. The van der Waals surface area contributed by atoms with E-state index < -0.39 is 0 Å². The van der Waals surface area contributed by atoms with Gasteiger partial charge in [0.25, 0.3) is 0 Å². The molecule has 130 valence electrons. The van der Waals surface area contributed by atoms with Crippen LogP contribution in [0.2, 0.25) is 0 Å². The SMILES string of the molecule is CCC(OC1CCCC(C)C1)C(=O)NCC1CCCNC1.Cl. The van der Waals surface area contributed by atoms with E-state index in [0.29, 0.717) is 5.92 Å². The average molecular weight is 333 g/mol. The number of piperidine rings is 1. The van der Waals surface area contributed by atoms with Gasteiger partial charge in [0.1, 0.15) is 6.10 Å². The Morgan fingerprint density at radius 1 is 1.32 bits per heavy atom. The average Bonchev–Trinajstić information content (AvgIpc) is 2.51. The van der Waals surface area contributed by atoms with E-state index in [0.717, 1.165) is 44.8 Å². The number of amides is 1. The standard InChI is InChI=1S/C17H32N2O2.ClH/c1-3-16(21-15-8-4-6-13(2)10-15)17(20)19-12-14-7-5-9-18-11-14;/h13-16,18H,3-12H2,1-2H3,(H,19,20);1H. The van der Waals surface area contributed by atoms with Crippen LogP contribution in [0.5, 0.6) is 0 Å². The van der Waals surface area contributed by atoms with E-state index in [1.54, 1.807) is 0 Å². The van der Waals surface area contributed by atoms with Crippen molar-refractivity contribution in [3.05, 3.63) is 0 Å². The molecule has 4 atom stereocenters. The van der Waals surface area contributed by atoms with Gasteiger partial charge in [-0.1, -0.05) is 26.7 Å². The van der Waals surface area contributed by atoms with Crippen LogP contribution in [0, 0.1) is 11.8 Å². The first-order valence-corrected chi connectivity index (χ1v) is 8.83. The Bertz CT molecular complexity index is 322. The van der Waals surface area contributed by atoms with Crippen LogP contribution < -0.4 is 10.6 Å². The lowest BCUT2D eigenvalue weighted by molar-refractivity contribution is -0.139. The van der Waals surface area contributed by atoms with Gasteiger partial charge in [-0.05, 0) is 57.0 Å². The van der Waals surface area contributed by atoms with Crippen molar-refractivity contribution in [3.8, 4) is 0 Å². The molecule has 1 amide bonds. The summed E-state index contributed by atoms with van der Waals surface area (Å²) in [7, 11) is 0. The second-order valence-electron chi connectivity index (χ2n) is 6.88. The molecule has 4 nitrogen and oxygen atoms in total. The smallest absolute Gasteiger partial charge is 0.249 e. The van der Waals surface area contributed by atoms with Crippen molar-refractivity contribution in [2.75, 3.05) is 19.6 Å². The molecule has 0 aromatic heterocycles. The van der Waals surface area contributed by atoms with Crippen molar-refractivity contribution in [3.63, 3.8) is 0 Å². The maximum absolute atomic E-state index is 12.3. The molecule has 1 saturated heterocycles. The van der Waals surface area contributed by atoms with E-state index in [9.17, 15) is 4.79 Å². The lowest BCUT2D eigenvalue weighted by atomic mass is 9.88. The third kappa shape index (κ3) is 6.43. The molecule has 1 saturated carbocycles. The Morgan fingerprint density at radius 3 is 2.77 bits per heavy atom. The van der Waals surface area contributed by atoms with Gasteiger partial charge in [-0.15, -0.1) is 12.4 Å². The van der Waals surface area contributed by atoms with Gasteiger partial charge in [0.15, 0.2) is 0 Å². The molecule has 2 fully saturated rings. The summed E-state index contributed by atoms with van der Waals surface area (Å²) in [5.74, 6) is 1.40. The molecule has 0 aromatic carbocycles. The zero-order chi connectivity index (χ0) is 15.1. The molecule has 0 spiro atoms. The lowest BCUT2D eigenvalue weighted by Crippen LogP contribution is -2.43. The van der Waals surface area contributed by atoms with Gasteiger partial charge < -0.3 is 15.4 Å². The van der Waals surface area contributed by atoms with Crippen molar-refractivity contribution in [1.29, 1.82) is 0 Å². The first kappa shape index (κ1) is 19.7. The van der Waals surface area contributed by atoms with Crippen LogP contribution in [-0.4, -0.2) is 37.7 Å². The Morgan fingerprint density at radius 2 is 2.14 bits per heavy atom. The molecule has 5 heteroatoms. The van der Waals surface area contributed by atoms with Crippen LogP contribution in [0.4, 0.5) is 0 Å². The monoisotopic (exact) mass is 332 g/mol. The molecule has 2 rings (SSSR count). The summed E-state index contributed by atoms with van der Waals surface area (Å²) >= 11 is 0. The fourth-order valence-corrected chi connectivity index (χ4v) is 3.53. The minimum Gasteiger partial charge on any atom is -0.365 e. The van der Waals surface area contributed by atoms with Gasteiger partial charge in [0.2, 0.25) is 5.91 Å². The van der Waals surface area contributed by atoms with E-state index in [1.165, 1.54) is 25.7 Å². The molecule has 1 heterocycles. The molecule has 0 radical (unpaired) electrons. The van der Waals surface area contributed by atoms with E-state index in [4.69, 9.17) is 4.74 Å². The van der Waals surface area contributed by atoms with Crippen LogP contribution in [0.3, 0.4) is 0 Å². The maximum Gasteiger partial charge on any atom is 0.249 e. The van der Waals surface area contributed by atoms with Gasteiger partial charge in [0.05, 0.1) is 6.10 Å². The largest absolute Gasteiger partial charge is 0.365 e. The van der Waals surface area contributed by atoms with Crippen LogP contribution in [0.15, 0.2) is 0 Å². The summed E-state index contributed by atoms with van der Waals surface area (Å²) in [5, 5.41) is 6.49. The highest BCUT2D eigenvalue weighted by Gasteiger charge is 2.26. The fraction of sp³-hybridized carbons (Fsp3) is 0.941. The second-order valence-corrected chi connectivity index (χ2v) is 6.88. The molecule has 1 aliphatic heterocycles. The zero-order valence-electron chi connectivity index (χ0n) is 14.1. The Hall–Kier alpha value is -0.320. The van der Waals surface area contributed by atoms with Crippen LogP contribution >= 0.6 is 12.4 Å². The minimum absolute atomic E-state index is 0. The number of hydrogen-bond acceptors (Lipinski definition) is 3. The van der Waals surface area contributed by atoms with Crippen molar-refractivity contribution in [2.24, 2.45) is 11.8 Å². The highest BCUT2D eigenvalue weighted by molar-refractivity contribution is 5.85. The van der Waals surface area contributed by atoms with E-state index in [-0.39, 0.29) is 30.5 Å². The molecule has 2 aliphatic rings. The van der Waals surface area contributed by atoms with Crippen molar-refractivity contribution >= 4 is 18.3 Å². The maximum atomic E-state index is 12.3. The van der Waals surface area contributed by atoms with Gasteiger partial charge in [-0.25, -0.2) is 0 Å². The first-order chi connectivity index (χ1) is 10.2. The van der Waals surface area contributed by atoms with Crippen molar-refractivity contribution in [2.45, 2.75) is 71.0 Å². The highest BCUT2D eigenvalue weighted by Crippen LogP contribution is 2.27. The number of halogens is 1. The van der Waals surface area contributed by atoms with Gasteiger partial charge >= 0.3 is 0 Å². The summed E-state index contributed by atoms with van der Waals surface area (Å²) in [6, 6.07) is 0. The normalized spacial score (nSPS) is 30.2. The molecule has 0 bridgehead atoms. The fourth-order valence-electron chi connectivity index (χ4n) is 3.53. The predicted octanol–water partition coefficient (Wildman–Crippen LogP) is 2.90. The van der Waals surface area contributed by atoms with E-state index >= 15 is 0 Å². The number of hydrogen-bond donors (Lipinski definition) is 2. The molecule has 22 heavy (non-hydrogen) atoms. The molecular weight excluding hydrogens is 300 g/mol. The topological polar surface area (TPSA) is 50.4 Å². The van der Waals surface area contributed by atoms with Crippen LogP contribution in [-0.2, 0) is 9.53 Å². The molecule has 1 aliphatic carbocycles. The third-order valence-electron chi connectivity index (χ3n) is 4.87. The van der Waals surface area contributed by atoms with Gasteiger partial charge in [-0.3, -0.25) is 4.79 Å². The van der Waals surface area contributed by atoms with Gasteiger partial charge in [-0.2, -0.15) is 0 Å². The predicted molar refractivity (Wildman–Crippen MR) is 92.4 cm³/mol. The number of ether oxygens (including phenoxy) is 1. The number of carbonyl (C=O) groups excluding carboxylic acids is 1. The highest BCUT2D eigenvalue weighted by atomic mass is 35.5. The van der Waals surface area contributed by atoms with Crippen molar-refractivity contribution < 1.29 is 9.53 Å². The first-order valence-electron chi connectivity index (χ1n) is 8.83. The van der Waals surface area contributed by atoms with E-state index in [1.807, 2.05) is 6.92 Å². The summed E-state index contributed by atoms with van der Waals surface area (Å²) < 4.78 is 6.09. The third-order valence-corrected chi connectivity index (χ3v) is 4.87. The molecule has 4 unspecified atom stereocenters. The molecular formula is C17H33ClN2O2. The summed E-state index contributed by atoms with van der Waals surface area (Å²) in [4.78, 5) is 12.3. The number of rotatable bonds is 6. The van der Waals surface area contributed by atoms with E-state index in [2.05, 4.69) is 17.6 Å². The minimum atomic E-state index is -0.267. The summed E-state index contributed by atoms with van der Waals surface area (Å²) in [5.41, 5.74) is 0. The molecule has 2 N–H and O–H groups in total. The Kier molecular flexibility index (Phi) is 9.37. The van der Waals surface area contributed by atoms with Crippen LogP contribution in [0.25, 0.3) is 0 Å². The second kappa shape index (κ2) is 10.5. The number of carbonyl (C=O) groups is 1. The van der Waals surface area contributed by atoms with Crippen LogP contribution in [0.1, 0.15) is 58.8 Å². The number of nitrogens with one attached hydrogen (secondary N) is 2. The zero-order valence-corrected chi connectivity index (χ0v) is 14.9. The summed E-state index contributed by atoms with van der Waals surface area (Å²) in [6.07, 6.45) is 7.96. The lowest BCUT2D eigenvalue weighted by Gasteiger charge is -2.30. The Balaban J connectivity index is 0.00000242.